The molecule has 0 unspecified atom stereocenters. The molecule has 0 aromatic rings. The first-order valence-electron chi connectivity index (χ1n) is 13.4. The van der Waals surface area contributed by atoms with Crippen LogP contribution in [-0.4, -0.2) is 72.5 Å². The number of aliphatic hydroxyl groups excluding tert-OH is 1. The molecule has 35 heavy (non-hydrogen) atoms. The number of hydrogen-bond donors (Lipinski definition) is 2. The highest BCUT2D eigenvalue weighted by Gasteiger charge is 2.74. The third-order valence-corrected chi connectivity index (χ3v) is 10.9. The first-order valence-corrected chi connectivity index (χ1v) is 13.4. The summed E-state index contributed by atoms with van der Waals surface area (Å²) in [6.45, 7) is 7.59. The molecule has 0 amide bonds. The van der Waals surface area contributed by atoms with Crippen LogP contribution in [0.4, 0.5) is 0 Å². The molecule has 0 radical (unpaired) electrons. The molecule has 2 heterocycles. The van der Waals surface area contributed by atoms with Crippen LogP contribution < -0.4 is 0 Å². The zero-order chi connectivity index (χ0) is 24.7. The van der Waals surface area contributed by atoms with Crippen LogP contribution in [0, 0.1) is 28.6 Å². The Morgan fingerprint density at radius 2 is 1.77 bits per heavy atom. The second-order valence-corrected chi connectivity index (χ2v) is 12.3. The van der Waals surface area contributed by atoms with Gasteiger partial charge in [0.2, 0.25) is 5.79 Å². The number of rotatable bonds is 3. The standard InChI is InChI=1S/C27H40O8/c1-17(28)31-16-27(34-12-13-35-27)26(30)7-6-20-19-5-4-18-14-25(32-10-11-33-25)9-8-23(18,2)22(19)21(29)15-24(20,26)3/h4,19-22,29-30H,5-16H2,1-3H3/t19-,20-,21-,22+,23-,24-,26+/m0/s1. The quantitative estimate of drug-likeness (QED) is 0.458. The minimum atomic E-state index is -1.40. The maximum absolute atomic E-state index is 12.4. The van der Waals surface area contributed by atoms with E-state index in [0.717, 1.165) is 32.1 Å². The van der Waals surface area contributed by atoms with Crippen molar-refractivity contribution in [3.63, 3.8) is 0 Å². The topological polar surface area (TPSA) is 104 Å². The van der Waals surface area contributed by atoms with Gasteiger partial charge in [0.15, 0.2) is 5.79 Å². The summed E-state index contributed by atoms with van der Waals surface area (Å²) >= 11 is 0. The molecule has 0 bridgehead atoms. The molecule has 5 fully saturated rings. The van der Waals surface area contributed by atoms with E-state index in [-0.39, 0.29) is 29.8 Å². The summed E-state index contributed by atoms with van der Waals surface area (Å²) < 4.78 is 29.5. The maximum Gasteiger partial charge on any atom is 0.302 e. The van der Waals surface area contributed by atoms with E-state index in [1.165, 1.54) is 12.5 Å². The molecule has 4 aliphatic carbocycles. The number of aliphatic hydroxyl groups is 2. The van der Waals surface area contributed by atoms with Crippen molar-refractivity contribution in [2.75, 3.05) is 33.0 Å². The monoisotopic (exact) mass is 492 g/mol. The number of allylic oxidation sites excluding steroid dienone is 1. The summed E-state index contributed by atoms with van der Waals surface area (Å²) in [5.74, 6) is -1.75. The van der Waals surface area contributed by atoms with Gasteiger partial charge >= 0.3 is 5.97 Å². The summed E-state index contributed by atoms with van der Waals surface area (Å²) in [7, 11) is 0. The molecule has 2 saturated heterocycles. The number of fused-ring (bicyclic) bond motifs is 5. The molecule has 6 rings (SSSR count). The lowest BCUT2D eigenvalue weighted by molar-refractivity contribution is -0.325. The summed E-state index contributed by atoms with van der Waals surface area (Å²) in [5, 5.41) is 24.1. The smallest absolute Gasteiger partial charge is 0.302 e. The lowest BCUT2D eigenvalue weighted by Gasteiger charge is -2.62. The fourth-order valence-corrected chi connectivity index (χ4v) is 9.20. The normalized spacial score (nSPS) is 47.6. The van der Waals surface area contributed by atoms with Crippen LogP contribution in [0.5, 0.6) is 0 Å². The second-order valence-electron chi connectivity index (χ2n) is 12.3. The molecule has 8 heteroatoms. The zero-order valence-corrected chi connectivity index (χ0v) is 21.2. The molecule has 1 spiro atoms. The van der Waals surface area contributed by atoms with Gasteiger partial charge in [-0.05, 0) is 55.3 Å². The average Bonchev–Trinajstić information content (AvgIpc) is 3.53. The van der Waals surface area contributed by atoms with E-state index in [1.54, 1.807) is 0 Å². The van der Waals surface area contributed by atoms with Crippen LogP contribution in [0.25, 0.3) is 0 Å². The third-order valence-electron chi connectivity index (χ3n) is 10.9. The van der Waals surface area contributed by atoms with E-state index in [2.05, 4.69) is 19.9 Å². The summed E-state index contributed by atoms with van der Waals surface area (Å²) in [5.41, 5.74) is -0.750. The maximum atomic E-state index is 12.4. The van der Waals surface area contributed by atoms with Gasteiger partial charge in [-0.2, -0.15) is 0 Å². The van der Waals surface area contributed by atoms with Gasteiger partial charge in [-0.1, -0.05) is 25.5 Å². The fourth-order valence-electron chi connectivity index (χ4n) is 9.20. The van der Waals surface area contributed by atoms with Crippen LogP contribution >= 0.6 is 0 Å². The predicted octanol–water partition coefficient (Wildman–Crippen LogP) is 2.70. The third kappa shape index (κ3) is 3.23. The summed E-state index contributed by atoms with van der Waals surface area (Å²) in [6.07, 6.45) is 7.00. The van der Waals surface area contributed by atoms with Crippen molar-refractivity contribution in [3.8, 4) is 0 Å². The van der Waals surface area contributed by atoms with Gasteiger partial charge in [0, 0.05) is 25.2 Å². The van der Waals surface area contributed by atoms with Gasteiger partial charge in [0.25, 0.3) is 0 Å². The Labute approximate surface area is 207 Å². The highest BCUT2D eigenvalue weighted by molar-refractivity contribution is 5.66. The van der Waals surface area contributed by atoms with Gasteiger partial charge in [0.05, 0.1) is 32.5 Å². The minimum absolute atomic E-state index is 0.110. The molecule has 2 N–H and O–H groups in total. The van der Waals surface area contributed by atoms with Crippen molar-refractivity contribution in [3.05, 3.63) is 11.6 Å². The largest absolute Gasteiger partial charge is 0.460 e. The Bertz CT molecular complexity index is 905. The van der Waals surface area contributed by atoms with Crippen molar-refractivity contribution in [2.45, 2.75) is 89.0 Å². The lowest BCUT2D eigenvalue weighted by Crippen LogP contribution is -2.68. The number of carbonyl (C=O) groups is 1. The van der Waals surface area contributed by atoms with Gasteiger partial charge < -0.3 is 33.9 Å². The Hall–Kier alpha value is -1.03. The first-order chi connectivity index (χ1) is 16.6. The predicted molar refractivity (Wildman–Crippen MR) is 124 cm³/mol. The number of esters is 1. The van der Waals surface area contributed by atoms with E-state index in [1.807, 2.05) is 0 Å². The lowest BCUT2D eigenvalue weighted by atomic mass is 9.45. The second kappa shape index (κ2) is 7.98. The Morgan fingerprint density at radius 1 is 1.09 bits per heavy atom. The van der Waals surface area contributed by atoms with Gasteiger partial charge in [-0.3, -0.25) is 4.79 Å². The van der Waals surface area contributed by atoms with Gasteiger partial charge in [-0.15, -0.1) is 0 Å². The van der Waals surface area contributed by atoms with Crippen LogP contribution in [-0.2, 0) is 28.5 Å². The van der Waals surface area contributed by atoms with Crippen molar-refractivity contribution >= 4 is 5.97 Å². The molecule has 8 nitrogen and oxygen atoms in total. The van der Waals surface area contributed by atoms with Crippen molar-refractivity contribution in [1.29, 1.82) is 0 Å². The van der Waals surface area contributed by atoms with Crippen molar-refractivity contribution < 1.29 is 38.7 Å². The Kier molecular flexibility index (Phi) is 5.55. The Morgan fingerprint density at radius 3 is 2.46 bits per heavy atom. The van der Waals surface area contributed by atoms with E-state index in [4.69, 9.17) is 23.7 Å². The van der Waals surface area contributed by atoms with Crippen LogP contribution in [0.1, 0.15) is 65.7 Å². The average molecular weight is 493 g/mol. The van der Waals surface area contributed by atoms with E-state index >= 15 is 0 Å². The SMILES string of the molecule is CC(=O)OCC1([C@@]2(O)CC[C@H]3[C@@H]4CC=C5CC6(CC[C@]5(C)[C@H]4[C@@H](O)C[C@@]32C)OCCO6)OCCO1. The number of hydrogen-bond acceptors (Lipinski definition) is 8. The molecular formula is C27H40O8. The van der Waals surface area contributed by atoms with E-state index in [9.17, 15) is 15.0 Å². The van der Waals surface area contributed by atoms with Crippen LogP contribution in [0.3, 0.4) is 0 Å². The molecule has 6 aliphatic rings. The first kappa shape index (κ1) is 24.3. The molecule has 0 aromatic carbocycles. The summed E-state index contributed by atoms with van der Waals surface area (Å²) in [4.78, 5) is 11.6. The molecule has 7 atom stereocenters. The van der Waals surface area contributed by atoms with Crippen molar-refractivity contribution in [1.82, 2.24) is 0 Å². The Balaban J connectivity index is 1.33. The molecule has 196 valence electrons. The van der Waals surface area contributed by atoms with E-state index < -0.39 is 34.7 Å². The summed E-state index contributed by atoms with van der Waals surface area (Å²) in [6, 6.07) is 0. The molecule has 3 saturated carbocycles. The van der Waals surface area contributed by atoms with Crippen LogP contribution in [0.15, 0.2) is 11.6 Å². The fraction of sp³-hybridized carbons (Fsp3) is 0.889. The highest BCUT2D eigenvalue weighted by Crippen LogP contribution is 2.70. The minimum Gasteiger partial charge on any atom is -0.460 e. The van der Waals surface area contributed by atoms with Crippen LogP contribution in [0.2, 0.25) is 0 Å². The molecule has 0 aromatic heterocycles. The number of ether oxygens (including phenoxy) is 5. The van der Waals surface area contributed by atoms with E-state index in [0.29, 0.717) is 39.3 Å². The molecular weight excluding hydrogens is 452 g/mol. The number of carbonyl (C=O) groups excluding carboxylic acids is 1. The van der Waals surface area contributed by atoms with Crippen molar-refractivity contribution in [2.24, 2.45) is 28.6 Å². The van der Waals surface area contributed by atoms with Gasteiger partial charge in [0.1, 0.15) is 12.2 Å². The molecule has 2 aliphatic heterocycles. The van der Waals surface area contributed by atoms with Gasteiger partial charge in [-0.25, -0.2) is 0 Å². The highest BCUT2D eigenvalue weighted by atomic mass is 16.8. The zero-order valence-electron chi connectivity index (χ0n) is 21.2.